The van der Waals surface area contributed by atoms with Gasteiger partial charge in [-0.3, -0.25) is 0 Å². The molecule has 0 aromatic rings. The van der Waals surface area contributed by atoms with Gasteiger partial charge in [0, 0.05) is 11.7 Å². The molecule has 0 spiro atoms. The third-order valence-corrected chi connectivity index (χ3v) is 12.4. The molecule has 1 saturated carbocycles. The summed E-state index contributed by atoms with van der Waals surface area (Å²) >= 11 is 6.79. The van der Waals surface area contributed by atoms with Crippen LogP contribution in [0.1, 0.15) is 38.5 Å². The van der Waals surface area contributed by atoms with Crippen molar-refractivity contribution in [2.75, 3.05) is 0 Å². The van der Waals surface area contributed by atoms with Crippen molar-refractivity contribution in [1.82, 2.24) is 0 Å². The van der Waals surface area contributed by atoms with Crippen molar-refractivity contribution >= 4 is 17.8 Å². The van der Waals surface area contributed by atoms with E-state index >= 15 is 0 Å². The second kappa shape index (κ2) is 8.13. The SMILES string of the molecule is S=P12C3=C(C=CC/C=C\C=C/3OC3CCCCCC31)O/C1=C/C=C\C=C/C=C\C12. The Morgan fingerprint density at radius 2 is 1.76 bits per heavy atom. The van der Waals surface area contributed by atoms with Crippen LogP contribution in [0.5, 0.6) is 0 Å². The molecule has 4 unspecified atom stereocenters. The van der Waals surface area contributed by atoms with Crippen LogP contribution in [-0.2, 0) is 21.3 Å². The number of hydrogen-bond donors (Lipinski definition) is 0. The largest absolute Gasteiger partial charge is 0.489 e. The fourth-order valence-electron chi connectivity index (χ4n) is 5.04. The summed E-state index contributed by atoms with van der Waals surface area (Å²) in [6, 6.07) is -2.03. The summed E-state index contributed by atoms with van der Waals surface area (Å²) < 4.78 is 13.2. The minimum atomic E-state index is -2.03. The van der Waals surface area contributed by atoms with E-state index in [0.29, 0.717) is 5.66 Å². The molecule has 0 aromatic heterocycles. The van der Waals surface area contributed by atoms with Gasteiger partial charge in [0.15, 0.2) is 0 Å². The summed E-state index contributed by atoms with van der Waals surface area (Å²) in [6.45, 7) is 0. The molecular weight excluding hydrogens is 395 g/mol. The van der Waals surface area contributed by atoms with Gasteiger partial charge in [0.1, 0.15) is 23.4 Å². The Balaban J connectivity index is 1.77. The van der Waals surface area contributed by atoms with E-state index in [1.165, 1.54) is 24.6 Å². The van der Waals surface area contributed by atoms with Crippen molar-refractivity contribution in [2.45, 2.75) is 55.9 Å². The lowest BCUT2D eigenvalue weighted by Gasteiger charge is -2.49. The van der Waals surface area contributed by atoms with Crippen molar-refractivity contribution in [1.29, 1.82) is 0 Å². The topological polar surface area (TPSA) is 18.5 Å². The predicted molar refractivity (Wildman–Crippen MR) is 124 cm³/mol. The number of ether oxygens (including phenoxy) is 2. The third kappa shape index (κ3) is 3.39. The molecule has 0 aromatic carbocycles. The molecule has 2 nitrogen and oxygen atoms in total. The Labute approximate surface area is 178 Å². The summed E-state index contributed by atoms with van der Waals surface area (Å²) in [5.41, 5.74) is 0.538. The number of fused-ring (bicyclic) bond motifs is 4. The molecule has 3 aliphatic carbocycles. The van der Waals surface area contributed by atoms with E-state index in [1.807, 2.05) is 6.08 Å². The summed E-state index contributed by atoms with van der Waals surface area (Å²) in [7, 11) is 0. The molecule has 5 aliphatic rings. The van der Waals surface area contributed by atoms with Crippen molar-refractivity contribution in [3.05, 3.63) is 95.5 Å². The van der Waals surface area contributed by atoms with Gasteiger partial charge in [-0.1, -0.05) is 79.3 Å². The molecule has 4 heteroatoms. The molecule has 5 rings (SSSR count). The van der Waals surface area contributed by atoms with Gasteiger partial charge in [0.05, 0.1) is 11.0 Å². The van der Waals surface area contributed by atoms with Crippen LogP contribution in [0.3, 0.4) is 0 Å². The van der Waals surface area contributed by atoms with Crippen molar-refractivity contribution in [3.8, 4) is 0 Å². The molecule has 0 amide bonds. The first-order valence-electron chi connectivity index (χ1n) is 10.7. The van der Waals surface area contributed by atoms with Gasteiger partial charge in [-0.15, -0.1) is 0 Å². The molecule has 150 valence electrons. The number of hydrogen-bond acceptors (Lipinski definition) is 3. The quantitative estimate of drug-likeness (QED) is 0.401. The number of rotatable bonds is 0. The normalized spacial score (nSPS) is 43.5. The van der Waals surface area contributed by atoms with E-state index in [-0.39, 0.29) is 11.8 Å². The molecule has 0 bridgehead atoms. The van der Waals surface area contributed by atoms with E-state index in [2.05, 4.69) is 66.8 Å². The highest BCUT2D eigenvalue weighted by Crippen LogP contribution is 2.74. The van der Waals surface area contributed by atoms with Gasteiger partial charge < -0.3 is 9.47 Å². The zero-order chi connectivity index (χ0) is 19.7. The van der Waals surface area contributed by atoms with Crippen LogP contribution in [0, 0.1) is 0 Å². The molecule has 4 atom stereocenters. The fraction of sp³-hybridized carbons (Fsp3) is 0.360. The van der Waals surface area contributed by atoms with Crippen LogP contribution in [0.15, 0.2) is 95.5 Å². The van der Waals surface area contributed by atoms with Crippen molar-refractivity contribution in [3.63, 3.8) is 0 Å². The van der Waals surface area contributed by atoms with Gasteiger partial charge in [-0.25, -0.2) is 0 Å². The first kappa shape index (κ1) is 19.2. The van der Waals surface area contributed by atoms with Gasteiger partial charge in [-0.2, -0.15) is 0 Å². The summed E-state index contributed by atoms with van der Waals surface area (Å²) in [5.74, 6) is 2.85. The highest BCUT2D eigenvalue weighted by atomic mass is 32.4. The highest BCUT2D eigenvalue weighted by molar-refractivity contribution is 8.17. The molecule has 2 heterocycles. The Hall–Kier alpha value is -1.83. The second-order valence-corrected chi connectivity index (χ2v) is 13.0. The average Bonchev–Trinajstić information content (AvgIpc) is 2.81. The van der Waals surface area contributed by atoms with E-state index in [9.17, 15) is 0 Å². The molecule has 2 aliphatic heterocycles. The summed E-state index contributed by atoms with van der Waals surface area (Å²) in [6.07, 6.45) is 32.6. The van der Waals surface area contributed by atoms with Crippen LogP contribution in [0.25, 0.3) is 0 Å². The lowest BCUT2D eigenvalue weighted by Crippen LogP contribution is -2.39. The molecule has 29 heavy (non-hydrogen) atoms. The Kier molecular flexibility index (Phi) is 5.37. The first-order chi connectivity index (χ1) is 14.3. The zero-order valence-electron chi connectivity index (χ0n) is 16.6. The second-order valence-electron chi connectivity index (χ2n) is 8.15. The smallest absolute Gasteiger partial charge is 0.138 e. The molecule has 0 radical (unpaired) electrons. The number of allylic oxidation sites excluding steroid dienone is 13. The van der Waals surface area contributed by atoms with Crippen LogP contribution in [-0.4, -0.2) is 17.4 Å². The maximum Gasteiger partial charge on any atom is 0.138 e. The molecule has 2 fully saturated rings. The van der Waals surface area contributed by atoms with Crippen molar-refractivity contribution < 1.29 is 9.47 Å². The van der Waals surface area contributed by atoms with E-state index in [4.69, 9.17) is 21.3 Å². The Morgan fingerprint density at radius 1 is 0.897 bits per heavy atom. The predicted octanol–water partition coefficient (Wildman–Crippen LogP) is 6.77. The molecular formula is C25H27O2PS. The van der Waals surface area contributed by atoms with Gasteiger partial charge in [0.2, 0.25) is 0 Å². The maximum atomic E-state index is 6.79. The lowest BCUT2D eigenvalue weighted by atomic mass is 10.1. The van der Waals surface area contributed by atoms with Gasteiger partial charge in [0.25, 0.3) is 0 Å². The third-order valence-electron chi connectivity index (χ3n) is 6.36. The van der Waals surface area contributed by atoms with Crippen molar-refractivity contribution in [2.24, 2.45) is 0 Å². The summed E-state index contributed by atoms with van der Waals surface area (Å²) in [4.78, 5) is 0. The lowest BCUT2D eigenvalue weighted by molar-refractivity contribution is 0.104. The Bertz CT molecular complexity index is 973. The minimum Gasteiger partial charge on any atom is -0.489 e. The monoisotopic (exact) mass is 422 g/mol. The minimum absolute atomic E-state index is 0.125. The average molecular weight is 423 g/mol. The first-order valence-corrected chi connectivity index (χ1v) is 13.7. The van der Waals surface area contributed by atoms with E-state index < -0.39 is 6.04 Å². The van der Waals surface area contributed by atoms with E-state index in [0.717, 1.165) is 36.5 Å². The van der Waals surface area contributed by atoms with Crippen LogP contribution in [0.2, 0.25) is 0 Å². The Morgan fingerprint density at radius 3 is 2.72 bits per heavy atom. The standard InChI is InChI=1S/C25H27O2PS/c29-28-23-17-11-3-1-2-7-13-19(23)26-21-15-8-4-5-9-16-22(25(21)28)27-20-14-10-6-12-18-24(20)28/h1-3,5,7-9,11,13,15-17,20,23-24H,4,6,10,12,14,18H2/b3-1-,7-2-,9-5-,15-8?,17-11-,19-13+,22-16+. The molecule has 0 N–H and O–H groups in total. The fourth-order valence-corrected chi connectivity index (χ4v) is 10.9. The molecule has 1 saturated heterocycles. The zero-order valence-corrected chi connectivity index (χ0v) is 18.3. The van der Waals surface area contributed by atoms with Crippen LogP contribution < -0.4 is 0 Å². The van der Waals surface area contributed by atoms with Crippen LogP contribution >= 0.6 is 6.04 Å². The highest BCUT2D eigenvalue weighted by Gasteiger charge is 2.53. The van der Waals surface area contributed by atoms with Gasteiger partial charge in [-0.05, 0) is 43.9 Å². The maximum absolute atomic E-state index is 6.79. The van der Waals surface area contributed by atoms with Gasteiger partial charge >= 0.3 is 0 Å². The van der Waals surface area contributed by atoms with E-state index in [1.54, 1.807) is 0 Å². The summed E-state index contributed by atoms with van der Waals surface area (Å²) in [5, 5.41) is 1.18. The van der Waals surface area contributed by atoms with Crippen LogP contribution in [0.4, 0.5) is 0 Å².